The Hall–Kier alpha value is -5.44. The molecule has 0 radical (unpaired) electrons. The van der Waals surface area contributed by atoms with E-state index >= 15 is 0 Å². The molecule has 43 heavy (non-hydrogen) atoms. The molecule has 9 heteroatoms. The van der Waals surface area contributed by atoms with Gasteiger partial charge < -0.3 is 23.7 Å². The van der Waals surface area contributed by atoms with Gasteiger partial charge in [0.05, 0.1) is 24.3 Å². The molecule has 3 aromatic rings. The first kappa shape index (κ1) is 32.1. The number of rotatable bonds is 15. The van der Waals surface area contributed by atoms with Crippen molar-refractivity contribution in [2.75, 3.05) is 19.8 Å². The molecule has 0 spiro atoms. The van der Waals surface area contributed by atoms with Crippen molar-refractivity contribution in [1.82, 2.24) is 0 Å². The third kappa shape index (κ3) is 10.8. The third-order valence-electron chi connectivity index (χ3n) is 5.69. The molecule has 0 fully saturated rings. The van der Waals surface area contributed by atoms with E-state index in [1.807, 2.05) is 6.92 Å². The summed E-state index contributed by atoms with van der Waals surface area (Å²) in [6.07, 6.45) is 3.77. The molecule has 3 aromatic carbocycles. The number of hydrogen-bond acceptors (Lipinski definition) is 9. The van der Waals surface area contributed by atoms with E-state index in [2.05, 4.69) is 13.2 Å². The fraction of sp³-hybridized carbons (Fsp3) is 0.176. The van der Waals surface area contributed by atoms with Crippen LogP contribution < -0.4 is 18.9 Å². The Morgan fingerprint density at radius 3 is 1.60 bits per heavy atom. The molecular weight excluding hydrogens is 552 g/mol. The van der Waals surface area contributed by atoms with Crippen molar-refractivity contribution < 1.29 is 42.9 Å². The van der Waals surface area contributed by atoms with Gasteiger partial charge in [-0.15, -0.1) is 0 Å². The number of carbonyl (C=O) groups is 4. The molecule has 0 bridgehead atoms. The molecule has 222 valence electrons. The predicted molar refractivity (Wildman–Crippen MR) is 160 cm³/mol. The summed E-state index contributed by atoms with van der Waals surface area (Å²) in [5.41, 5.74) is 1.24. The van der Waals surface area contributed by atoms with Crippen LogP contribution in [-0.4, -0.2) is 43.5 Å². The zero-order valence-electron chi connectivity index (χ0n) is 23.9. The SMILES string of the molecule is C=CC(=O)/C=C(/C)COc1ccc(OC(=O)c2ccc(C(=O)Oc3ccc(OCC(C)COC(=O)C=C)cc3)cc2)cc1. The molecule has 0 aliphatic rings. The van der Waals surface area contributed by atoms with Gasteiger partial charge in [-0.1, -0.05) is 20.1 Å². The van der Waals surface area contributed by atoms with Crippen molar-refractivity contribution in [2.45, 2.75) is 13.8 Å². The summed E-state index contributed by atoms with van der Waals surface area (Å²) in [4.78, 5) is 47.7. The maximum absolute atomic E-state index is 12.6. The van der Waals surface area contributed by atoms with Crippen molar-refractivity contribution in [2.24, 2.45) is 5.92 Å². The van der Waals surface area contributed by atoms with E-state index in [1.165, 1.54) is 36.4 Å². The molecular formula is C34H32O9. The van der Waals surface area contributed by atoms with Gasteiger partial charge in [-0.2, -0.15) is 0 Å². The highest BCUT2D eigenvalue weighted by molar-refractivity contribution is 5.99. The van der Waals surface area contributed by atoms with Crippen LogP contribution in [0.3, 0.4) is 0 Å². The summed E-state index contributed by atoms with van der Waals surface area (Å²) in [7, 11) is 0. The lowest BCUT2D eigenvalue weighted by atomic mass is 10.1. The number of esters is 3. The Labute approximate surface area is 250 Å². The smallest absolute Gasteiger partial charge is 0.343 e. The molecule has 0 aliphatic carbocycles. The lowest BCUT2D eigenvalue weighted by Crippen LogP contribution is -2.16. The van der Waals surface area contributed by atoms with Gasteiger partial charge in [0.25, 0.3) is 0 Å². The van der Waals surface area contributed by atoms with Gasteiger partial charge in [0.2, 0.25) is 0 Å². The van der Waals surface area contributed by atoms with Crippen molar-refractivity contribution in [3.05, 3.63) is 121 Å². The lowest BCUT2D eigenvalue weighted by Gasteiger charge is -2.13. The van der Waals surface area contributed by atoms with Crippen LogP contribution in [0.15, 0.2) is 110 Å². The highest BCUT2D eigenvalue weighted by Crippen LogP contribution is 2.21. The molecule has 9 nitrogen and oxygen atoms in total. The van der Waals surface area contributed by atoms with Gasteiger partial charge >= 0.3 is 17.9 Å². The number of hydrogen-bond donors (Lipinski definition) is 0. The maximum atomic E-state index is 12.6. The lowest BCUT2D eigenvalue weighted by molar-refractivity contribution is -0.139. The normalized spacial score (nSPS) is 11.4. The molecule has 1 atom stereocenters. The maximum Gasteiger partial charge on any atom is 0.343 e. The molecule has 0 aromatic heterocycles. The quantitative estimate of drug-likeness (QED) is 0.121. The average molecular weight is 585 g/mol. The first-order valence-electron chi connectivity index (χ1n) is 13.3. The van der Waals surface area contributed by atoms with Gasteiger partial charge in [-0.3, -0.25) is 4.79 Å². The Kier molecular flexibility index (Phi) is 12.0. The minimum atomic E-state index is -0.598. The second-order valence-electron chi connectivity index (χ2n) is 9.44. The van der Waals surface area contributed by atoms with E-state index in [0.717, 1.165) is 11.6 Å². The van der Waals surface area contributed by atoms with Crippen molar-refractivity contribution in [1.29, 1.82) is 0 Å². The molecule has 0 N–H and O–H groups in total. The number of allylic oxidation sites excluding steroid dienone is 2. The summed E-state index contributed by atoms with van der Waals surface area (Å²) < 4.78 is 27.1. The second kappa shape index (κ2) is 16.1. The molecule has 3 rings (SSSR count). The minimum Gasteiger partial charge on any atom is -0.493 e. The Balaban J connectivity index is 1.46. The van der Waals surface area contributed by atoms with E-state index in [1.54, 1.807) is 55.5 Å². The van der Waals surface area contributed by atoms with Crippen LogP contribution in [0, 0.1) is 5.92 Å². The van der Waals surface area contributed by atoms with Crippen LogP contribution in [0.25, 0.3) is 0 Å². The topological polar surface area (TPSA) is 114 Å². The monoisotopic (exact) mass is 584 g/mol. The Morgan fingerprint density at radius 2 is 1.14 bits per heavy atom. The minimum absolute atomic E-state index is 0.0265. The summed E-state index contributed by atoms with van der Waals surface area (Å²) >= 11 is 0. The Morgan fingerprint density at radius 1 is 0.674 bits per heavy atom. The number of ketones is 1. The van der Waals surface area contributed by atoms with Crippen LogP contribution in [0.4, 0.5) is 0 Å². The van der Waals surface area contributed by atoms with Gasteiger partial charge in [-0.05, 0) is 97.4 Å². The third-order valence-corrected chi connectivity index (χ3v) is 5.69. The fourth-order valence-electron chi connectivity index (χ4n) is 3.39. The van der Waals surface area contributed by atoms with Crippen LogP contribution in [-0.2, 0) is 14.3 Å². The average Bonchev–Trinajstić information content (AvgIpc) is 3.02. The molecule has 1 unspecified atom stereocenters. The molecule has 0 saturated heterocycles. The second-order valence-corrected chi connectivity index (χ2v) is 9.44. The standard InChI is InChI=1S/C34H32O9/c1-5-27(35)19-23(3)20-39-28-11-15-30(16-12-28)42-33(37)25-7-9-26(10-8-25)34(38)43-31-17-13-29(14-18-31)40-21-24(4)22-41-32(36)6-2/h5-19,24H,1-2,20-22H2,3-4H3/b23-19-. The van der Waals surface area contributed by atoms with Crippen LogP contribution in [0.1, 0.15) is 34.6 Å². The van der Waals surface area contributed by atoms with Crippen LogP contribution >= 0.6 is 0 Å². The summed E-state index contributed by atoms with van der Waals surface area (Å²) in [6.45, 7) is 11.2. The Bertz CT molecular complexity index is 1470. The van der Waals surface area contributed by atoms with Crippen LogP contribution in [0.2, 0.25) is 0 Å². The van der Waals surface area contributed by atoms with Crippen molar-refractivity contribution in [3.8, 4) is 23.0 Å². The zero-order chi connectivity index (χ0) is 31.2. The number of ether oxygens (including phenoxy) is 5. The highest BCUT2D eigenvalue weighted by Gasteiger charge is 2.13. The first-order valence-corrected chi connectivity index (χ1v) is 13.3. The van der Waals surface area contributed by atoms with Crippen molar-refractivity contribution in [3.63, 3.8) is 0 Å². The number of carbonyl (C=O) groups excluding carboxylic acids is 4. The van der Waals surface area contributed by atoms with E-state index in [4.69, 9.17) is 23.7 Å². The zero-order valence-corrected chi connectivity index (χ0v) is 23.9. The van der Waals surface area contributed by atoms with Crippen molar-refractivity contribution >= 4 is 23.7 Å². The number of benzene rings is 3. The largest absolute Gasteiger partial charge is 0.493 e. The van der Waals surface area contributed by atoms with Crippen LogP contribution in [0.5, 0.6) is 23.0 Å². The molecule has 0 saturated carbocycles. The van der Waals surface area contributed by atoms with Gasteiger partial charge in [0.1, 0.15) is 29.6 Å². The van der Waals surface area contributed by atoms with E-state index in [-0.39, 0.29) is 36.0 Å². The predicted octanol–water partition coefficient (Wildman–Crippen LogP) is 5.95. The summed E-state index contributed by atoms with van der Waals surface area (Å²) in [5.74, 6) is -0.161. The van der Waals surface area contributed by atoms with Gasteiger partial charge in [-0.25, -0.2) is 14.4 Å². The summed E-state index contributed by atoms with van der Waals surface area (Å²) in [6, 6.07) is 18.9. The van der Waals surface area contributed by atoms with E-state index < -0.39 is 17.9 Å². The highest BCUT2D eigenvalue weighted by atomic mass is 16.5. The fourth-order valence-corrected chi connectivity index (χ4v) is 3.39. The molecule has 0 heterocycles. The summed E-state index contributed by atoms with van der Waals surface area (Å²) in [5, 5.41) is 0. The van der Waals surface area contributed by atoms with E-state index in [0.29, 0.717) is 29.6 Å². The first-order chi connectivity index (χ1) is 20.7. The molecule has 0 amide bonds. The van der Waals surface area contributed by atoms with E-state index in [9.17, 15) is 19.2 Å². The van der Waals surface area contributed by atoms with Gasteiger partial charge in [0, 0.05) is 12.0 Å². The molecule has 0 aliphatic heterocycles. The van der Waals surface area contributed by atoms with Gasteiger partial charge in [0.15, 0.2) is 5.78 Å².